The van der Waals surface area contributed by atoms with Crippen LogP contribution in [0.15, 0.2) is 39.3 Å². The Hall–Kier alpha value is -1.03. The highest BCUT2D eigenvalue weighted by atomic mass is 35.5. The molecule has 1 aromatic carbocycles. The molecule has 0 aromatic heterocycles. The smallest absolute Gasteiger partial charge is 0.362 e. The van der Waals surface area contributed by atoms with E-state index in [2.05, 4.69) is 0 Å². The van der Waals surface area contributed by atoms with Crippen molar-refractivity contribution in [3.63, 3.8) is 0 Å². The molecule has 0 saturated carbocycles. The van der Waals surface area contributed by atoms with Gasteiger partial charge in [0.15, 0.2) is 6.23 Å². The van der Waals surface area contributed by atoms with Crippen LogP contribution < -0.4 is 5.32 Å². The van der Waals surface area contributed by atoms with E-state index in [-0.39, 0.29) is 19.8 Å². The monoisotopic (exact) mass is 431 g/mol. The van der Waals surface area contributed by atoms with Gasteiger partial charge in [-0.25, -0.2) is 4.79 Å². The average molecular weight is 433 g/mol. The first-order valence-corrected chi connectivity index (χ1v) is 8.47. The Morgan fingerprint density at radius 1 is 1.36 bits per heavy atom. The molecule has 0 saturated heterocycles. The van der Waals surface area contributed by atoms with E-state index in [1.54, 1.807) is 0 Å². The second-order valence-electron chi connectivity index (χ2n) is 4.80. The number of alkyl halides is 3. The summed E-state index contributed by atoms with van der Waals surface area (Å²) < 4.78 is 26.7. The lowest BCUT2D eigenvalue weighted by Crippen LogP contribution is -2.40. The Morgan fingerprint density at radius 3 is 2.52 bits per heavy atom. The fourth-order valence-electron chi connectivity index (χ4n) is 1.97. The van der Waals surface area contributed by atoms with Crippen molar-refractivity contribution in [1.82, 2.24) is 5.32 Å². The molecule has 5 nitrogen and oxygen atoms in total. The number of dihydropyridines is 1. The fraction of sp³-hybridized carbons (Fsp3) is 0.214. The molecule has 1 heterocycles. The lowest BCUT2D eigenvalue weighted by atomic mass is 10.1. The van der Waals surface area contributed by atoms with E-state index in [0.29, 0.717) is 17.3 Å². The Bertz CT molecular complexity index is 780. The summed E-state index contributed by atoms with van der Waals surface area (Å²) in [6.45, 7) is -0.403. The van der Waals surface area contributed by atoms with Gasteiger partial charge in [0.05, 0.1) is 22.2 Å². The van der Waals surface area contributed by atoms with Crippen LogP contribution in [0.4, 0.5) is 8.78 Å². The van der Waals surface area contributed by atoms with Crippen molar-refractivity contribution in [2.75, 3.05) is 0 Å². The average Bonchev–Trinajstić information content (AvgIpc) is 2.49. The Labute approximate surface area is 159 Å². The van der Waals surface area contributed by atoms with Crippen molar-refractivity contribution in [3.8, 4) is 0 Å². The first kappa shape index (κ1) is 20.3. The minimum absolute atomic E-state index is 0.0397. The number of carbonyl (C=O) groups is 1. The zero-order valence-electron chi connectivity index (χ0n) is 12.1. The lowest BCUT2D eigenvalue weighted by Gasteiger charge is -2.26. The second kappa shape index (κ2) is 7.69. The molecule has 1 aromatic rings. The number of hydrogen-bond donors (Lipinski definition) is 4. The van der Waals surface area contributed by atoms with Crippen molar-refractivity contribution in [2.45, 2.75) is 23.1 Å². The van der Waals surface area contributed by atoms with Gasteiger partial charge in [0, 0.05) is 9.80 Å². The molecule has 1 aliphatic heterocycles. The SMILES string of the molecule is O=C(O)C1=C(Sc2c(Cl)ccc(CO)c2Cl)C=C(C(F)(F)Cl)NC1O. The summed E-state index contributed by atoms with van der Waals surface area (Å²) >= 11 is 17.8. The van der Waals surface area contributed by atoms with Gasteiger partial charge >= 0.3 is 11.4 Å². The number of benzene rings is 1. The first-order valence-electron chi connectivity index (χ1n) is 6.52. The largest absolute Gasteiger partial charge is 0.478 e. The molecule has 2 rings (SSSR count). The van der Waals surface area contributed by atoms with Crippen LogP contribution in [0.1, 0.15) is 5.56 Å². The van der Waals surface area contributed by atoms with Crippen molar-refractivity contribution in [1.29, 1.82) is 0 Å². The van der Waals surface area contributed by atoms with E-state index in [0.717, 1.165) is 6.08 Å². The zero-order valence-corrected chi connectivity index (χ0v) is 15.1. The molecule has 0 bridgehead atoms. The third-order valence-corrected chi connectivity index (χ3v) is 5.51. The molecule has 0 spiro atoms. The van der Waals surface area contributed by atoms with E-state index in [9.17, 15) is 28.9 Å². The van der Waals surface area contributed by atoms with Crippen LogP contribution in [-0.4, -0.2) is 32.9 Å². The summed E-state index contributed by atoms with van der Waals surface area (Å²) in [4.78, 5) is 11.3. The first-order chi connectivity index (χ1) is 11.6. The number of aliphatic hydroxyl groups is 2. The number of rotatable bonds is 5. The van der Waals surface area contributed by atoms with Crippen molar-refractivity contribution >= 4 is 52.5 Å². The maximum Gasteiger partial charge on any atom is 0.362 e. The highest BCUT2D eigenvalue weighted by Crippen LogP contribution is 2.44. The Balaban J connectivity index is 2.59. The molecule has 4 N–H and O–H groups in total. The van der Waals surface area contributed by atoms with Crippen molar-refractivity contribution < 1.29 is 28.9 Å². The van der Waals surface area contributed by atoms with Gasteiger partial charge in [-0.3, -0.25) is 0 Å². The summed E-state index contributed by atoms with van der Waals surface area (Å²) in [7, 11) is 0. The summed E-state index contributed by atoms with van der Waals surface area (Å²) in [6, 6.07) is 2.88. The highest BCUT2D eigenvalue weighted by molar-refractivity contribution is 8.03. The van der Waals surface area contributed by atoms with E-state index in [1.807, 2.05) is 5.32 Å². The Morgan fingerprint density at radius 2 is 2.00 bits per heavy atom. The number of nitrogens with one attached hydrogen (secondary N) is 1. The van der Waals surface area contributed by atoms with Crippen molar-refractivity contribution in [3.05, 3.63) is 50.0 Å². The van der Waals surface area contributed by atoms with Crippen LogP contribution in [-0.2, 0) is 11.4 Å². The van der Waals surface area contributed by atoms with Gasteiger partial charge in [-0.15, -0.1) is 0 Å². The number of allylic oxidation sites excluding steroid dienone is 2. The molecule has 25 heavy (non-hydrogen) atoms. The number of halogens is 5. The van der Waals surface area contributed by atoms with Gasteiger partial charge in [0.2, 0.25) is 0 Å². The second-order valence-corrected chi connectivity index (χ2v) is 7.11. The molecule has 1 atom stereocenters. The van der Waals surface area contributed by atoms with E-state index >= 15 is 0 Å². The summed E-state index contributed by atoms with van der Waals surface area (Å²) in [5.74, 6) is -1.53. The third kappa shape index (κ3) is 4.39. The molecular weight excluding hydrogens is 423 g/mol. The topological polar surface area (TPSA) is 89.8 Å². The van der Waals surface area contributed by atoms with Crippen LogP contribution in [0.25, 0.3) is 0 Å². The molecular formula is C14H10Cl3F2NO4S. The van der Waals surface area contributed by atoms with E-state index in [1.165, 1.54) is 12.1 Å². The maximum absolute atomic E-state index is 13.4. The summed E-state index contributed by atoms with van der Waals surface area (Å²) in [5.41, 5.74) is -1.14. The van der Waals surface area contributed by atoms with Crippen LogP contribution in [0, 0.1) is 0 Å². The van der Waals surface area contributed by atoms with Crippen LogP contribution in [0.3, 0.4) is 0 Å². The fourth-order valence-corrected chi connectivity index (χ4v) is 3.84. The highest BCUT2D eigenvalue weighted by Gasteiger charge is 2.38. The van der Waals surface area contributed by atoms with Gasteiger partial charge in [0.25, 0.3) is 0 Å². The van der Waals surface area contributed by atoms with Crippen LogP contribution >= 0.6 is 46.6 Å². The molecule has 0 aliphatic carbocycles. The van der Waals surface area contributed by atoms with E-state index < -0.39 is 35.5 Å². The number of aliphatic hydroxyl groups excluding tert-OH is 2. The molecule has 1 aliphatic rings. The molecule has 1 unspecified atom stereocenters. The number of carboxylic acid groups (broad SMARTS) is 1. The van der Waals surface area contributed by atoms with E-state index in [4.69, 9.17) is 34.8 Å². The quantitative estimate of drug-likeness (QED) is 0.532. The molecule has 0 fully saturated rings. The summed E-state index contributed by atoms with van der Waals surface area (Å²) in [5, 5.41) is 26.6. The van der Waals surface area contributed by atoms with Gasteiger partial charge in [0.1, 0.15) is 5.70 Å². The van der Waals surface area contributed by atoms with Gasteiger partial charge in [-0.2, -0.15) is 8.78 Å². The minimum Gasteiger partial charge on any atom is -0.478 e. The standard InChI is InChI=1S/C14H10Cl3F2NO4S/c15-6-2-1-5(4-21)10(16)11(6)25-7-3-8(14(17,18)19)20-12(22)9(7)13(23)24/h1-3,12,20-22H,4H2,(H,23,24). The Kier molecular flexibility index (Phi) is 6.24. The van der Waals surface area contributed by atoms with Crippen LogP contribution in [0.2, 0.25) is 10.0 Å². The molecule has 11 heteroatoms. The predicted molar refractivity (Wildman–Crippen MR) is 90.9 cm³/mol. The number of thioether (sulfide) groups is 1. The normalized spacial score (nSPS) is 18.0. The lowest BCUT2D eigenvalue weighted by molar-refractivity contribution is -0.134. The zero-order chi connectivity index (χ0) is 18.9. The van der Waals surface area contributed by atoms with Crippen LogP contribution in [0.5, 0.6) is 0 Å². The number of carboxylic acids is 1. The summed E-state index contributed by atoms with van der Waals surface area (Å²) in [6.07, 6.45) is -1.12. The van der Waals surface area contributed by atoms with Gasteiger partial charge in [-0.1, -0.05) is 41.0 Å². The molecule has 0 radical (unpaired) electrons. The molecule has 136 valence electrons. The maximum atomic E-state index is 13.4. The minimum atomic E-state index is -3.85. The number of aliphatic carboxylic acids is 1. The predicted octanol–water partition coefficient (Wildman–Crippen LogP) is 3.55. The van der Waals surface area contributed by atoms with Crippen molar-refractivity contribution in [2.24, 2.45) is 0 Å². The molecule has 0 amide bonds. The third-order valence-electron chi connectivity index (χ3n) is 3.15. The van der Waals surface area contributed by atoms with Gasteiger partial charge in [-0.05, 0) is 29.3 Å². The van der Waals surface area contributed by atoms with Gasteiger partial charge < -0.3 is 20.6 Å². The number of hydrogen-bond acceptors (Lipinski definition) is 5.